The van der Waals surface area contributed by atoms with Gasteiger partial charge in [0.2, 0.25) is 0 Å². The number of hydrogen-bond acceptors (Lipinski definition) is 4. The topological polar surface area (TPSA) is 40.6 Å². The molecule has 1 saturated heterocycles. The van der Waals surface area contributed by atoms with Gasteiger partial charge in [-0.3, -0.25) is 14.5 Å². The van der Waals surface area contributed by atoms with Crippen molar-refractivity contribution in [1.29, 1.82) is 0 Å². The summed E-state index contributed by atoms with van der Waals surface area (Å²) in [5.41, 5.74) is 3.73. The molecule has 0 aromatic heterocycles. The van der Waals surface area contributed by atoms with E-state index in [1.807, 2.05) is 19.9 Å². The molecule has 3 rings (SSSR count). The fourth-order valence-electron chi connectivity index (χ4n) is 4.27. The van der Waals surface area contributed by atoms with Crippen LogP contribution in [0.4, 0.5) is 10.5 Å². The minimum Gasteiger partial charge on any atom is -0.366 e. The number of thioether (sulfide) groups is 1. The van der Waals surface area contributed by atoms with E-state index in [0.29, 0.717) is 10.8 Å². The van der Waals surface area contributed by atoms with E-state index in [0.717, 1.165) is 30.3 Å². The maximum atomic E-state index is 12.5. The molecule has 1 atom stereocenters. The molecule has 1 aromatic rings. The molecule has 4 nitrogen and oxygen atoms in total. The van der Waals surface area contributed by atoms with Crippen molar-refractivity contribution in [2.24, 2.45) is 0 Å². The molecular formula is C21H28N2O2S. The minimum absolute atomic E-state index is 0.114. The van der Waals surface area contributed by atoms with E-state index >= 15 is 0 Å². The van der Waals surface area contributed by atoms with Gasteiger partial charge in [-0.2, -0.15) is 0 Å². The van der Waals surface area contributed by atoms with E-state index < -0.39 is 0 Å². The van der Waals surface area contributed by atoms with Crippen molar-refractivity contribution in [3.63, 3.8) is 0 Å². The van der Waals surface area contributed by atoms with Crippen LogP contribution in [0.15, 0.2) is 23.1 Å². The molecule has 2 aliphatic rings. The summed E-state index contributed by atoms with van der Waals surface area (Å²) in [4.78, 5) is 28.9. The minimum atomic E-state index is -0.183. The van der Waals surface area contributed by atoms with Gasteiger partial charge in [-0.1, -0.05) is 13.0 Å². The molecule has 0 saturated carbocycles. The van der Waals surface area contributed by atoms with Crippen molar-refractivity contribution in [1.82, 2.24) is 4.90 Å². The monoisotopic (exact) mass is 372 g/mol. The molecule has 2 aliphatic heterocycles. The third-order valence-corrected chi connectivity index (χ3v) is 6.25. The summed E-state index contributed by atoms with van der Waals surface area (Å²) in [6.45, 7) is 13.8. The lowest BCUT2D eigenvalue weighted by atomic mass is 9.79. The zero-order chi connectivity index (χ0) is 19.2. The summed E-state index contributed by atoms with van der Waals surface area (Å²) in [6, 6.07) is 6.28. The number of anilines is 1. The fourth-order valence-corrected chi connectivity index (χ4v) is 5.23. The van der Waals surface area contributed by atoms with Crippen molar-refractivity contribution in [2.45, 2.75) is 65.5 Å². The van der Waals surface area contributed by atoms with Crippen LogP contribution in [-0.4, -0.2) is 34.2 Å². The second-order valence-corrected chi connectivity index (χ2v) is 9.12. The van der Waals surface area contributed by atoms with Gasteiger partial charge in [-0.25, -0.2) is 0 Å². The van der Waals surface area contributed by atoms with Crippen molar-refractivity contribution in [3.05, 3.63) is 34.2 Å². The van der Waals surface area contributed by atoms with E-state index in [-0.39, 0.29) is 22.7 Å². The highest BCUT2D eigenvalue weighted by Crippen LogP contribution is 2.44. The molecule has 140 valence electrons. The number of fused-ring (bicyclic) bond motifs is 1. The first-order valence-electron chi connectivity index (χ1n) is 9.34. The van der Waals surface area contributed by atoms with E-state index in [4.69, 9.17) is 0 Å². The third-order valence-electron chi connectivity index (χ3n) is 5.36. The van der Waals surface area contributed by atoms with E-state index in [1.165, 1.54) is 16.2 Å². The smallest absolute Gasteiger partial charge is 0.293 e. The lowest BCUT2D eigenvalue weighted by molar-refractivity contribution is -0.123. The number of hydrogen-bond donors (Lipinski definition) is 0. The Morgan fingerprint density at radius 2 is 2.00 bits per heavy atom. The highest BCUT2D eigenvalue weighted by Gasteiger charge is 2.37. The Balaban J connectivity index is 1.97. The van der Waals surface area contributed by atoms with Gasteiger partial charge in [-0.15, -0.1) is 0 Å². The number of amides is 2. The Hall–Kier alpha value is -1.75. The van der Waals surface area contributed by atoms with Crippen LogP contribution in [0.2, 0.25) is 0 Å². The van der Waals surface area contributed by atoms with Crippen molar-refractivity contribution in [3.8, 4) is 0 Å². The molecular weight excluding hydrogens is 344 g/mol. The Morgan fingerprint density at radius 1 is 1.31 bits per heavy atom. The standard InChI is InChI=1S/C21H28N2O2S/c1-7-22-17-9-8-15(10-16(17)14(4)12-21(22,5)6)11-18-19(24)23(13(2)3)20(25)26-18/h8-11,13-14H,7,12H2,1-6H3/b18-11-/t14-/m1/s1. The number of carbonyl (C=O) groups is 2. The molecule has 0 unspecified atom stereocenters. The van der Waals surface area contributed by atoms with E-state index in [2.05, 4.69) is 50.8 Å². The van der Waals surface area contributed by atoms with Crippen LogP contribution in [0, 0.1) is 0 Å². The molecule has 0 bridgehead atoms. The molecule has 1 aromatic carbocycles. The largest absolute Gasteiger partial charge is 0.366 e. The lowest BCUT2D eigenvalue weighted by Gasteiger charge is -2.47. The van der Waals surface area contributed by atoms with Crippen LogP contribution in [-0.2, 0) is 4.79 Å². The van der Waals surface area contributed by atoms with Crippen LogP contribution in [0.5, 0.6) is 0 Å². The van der Waals surface area contributed by atoms with Crippen molar-refractivity contribution >= 4 is 34.7 Å². The van der Waals surface area contributed by atoms with Gasteiger partial charge in [0.05, 0.1) is 4.91 Å². The van der Waals surface area contributed by atoms with Crippen LogP contribution >= 0.6 is 11.8 Å². The van der Waals surface area contributed by atoms with Crippen molar-refractivity contribution in [2.75, 3.05) is 11.4 Å². The molecule has 1 fully saturated rings. The summed E-state index contributed by atoms with van der Waals surface area (Å²) in [6.07, 6.45) is 2.96. The first-order chi connectivity index (χ1) is 12.2. The average molecular weight is 373 g/mol. The normalized spacial score (nSPS) is 24.0. The van der Waals surface area contributed by atoms with Crippen molar-refractivity contribution < 1.29 is 9.59 Å². The van der Waals surface area contributed by atoms with E-state index in [9.17, 15) is 9.59 Å². The van der Waals surface area contributed by atoms with Crippen LogP contribution < -0.4 is 4.90 Å². The number of imide groups is 1. The highest BCUT2D eigenvalue weighted by atomic mass is 32.2. The first-order valence-corrected chi connectivity index (χ1v) is 10.2. The van der Waals surface area contributed by atoms with Crippen LogP contribution in [0.1, 0.15) is 65.0 Å². The van der Waals surface area contributed by atoms with Gasteiger partial charge in [-0.05, 0) is 88.1 Å². The maximum absolute atomic E-state index is 12.5. The molecule has 2 heterocycles. The molecule has 0 aliphatic carbocycles. The molecule has 0 radical (unpaired) electrons. The highest BCUT2D eigenvalue weighted by molar-refractivity contribution is 8.18. The van der Waals surface area contributed by atoms with Crippen LogP contribution in [0.3, 0.4) is 0 Å². The molecule has 0 spiro atoms. The first kappa shape index (κ1) is 19.0. The number of carbonyl (C=O) groups excluding carboxylic acids is 2. The summed E-state index contributed by atoms with van der Waals surface area (Å²) in [5.74, 6) is 0.277. The van der Waals surface area contributed by atoms with Gasteiger partial charge < -0.3 is 4.90 Å². The predicted molar refractivity (Wildman–Crippen MR) is 110 cm³/mol. The second-order valence-electron chi connectivity index (χ2n) is 8.13. The SMILES string of the molecule is CCN1c2ccc(/C=C3\SC(=O)N(C(C)C)C3=O)cc2[C@H](C)CC1(C)C. The zero-order valence-electron chi connectivity index (χ0n) is 16.5. The molecule has 2 amide bonds. The van der Waals surface area contributed by atoms with Gasteiger partial charge >= 0.3 is 0 Å². The predicted octanol–water partition coefficient (Wildman–Crippen LogP) is 5.24. The number of benzene rings is 1. The van der Waals surface area contributed by atoms with E-state index in [1.54, 1.807) is 0 Å². The molecule has 0 N–H and O–H groups in total. The Kier molecular flexibility index (Phi) is 4.95. The zero-order valence-corrected chi connectivity index (χ0v) is 17.3. The Labute approximate surface area is 160 Å². The third kappa shape index (κ3) is 3.18. The quantitative estimate of drug-likeness (QED) is 0.680. The van der Waals surface area contributed by atoms with Gasteiger partial charge in [0.1, 0.15) is 0 Å². The lowest BCUT2D eigenvalue weighted by Crippen LogP contribution is -2.48. The van der Waals surface area contributed by atoms with Gasteiger partial charge in [0.15, 0.2) is 0 Å². The van der Waals surface area contributed by atoms with Crippen LogP contribution in [0.25, 0.3) is 6.08 Å². The van der Waals surface area contributed by atoms with Gasteiger partial charge in [0, 0.05) is 23.8 Å². The second kappa shape index (κ2) is 6.76. The summed E-state index contributed by atoms with van der Waals surface area (Å²) in [5, 5.41) is -0.179. The molecule has 5 heteroatoms. The summed E-state index contributed by atoms with van der Waals surface area (Å²) >= 11 is 1.04. The molecule has 26 heavy (non-hydrogen) atoms. The Bertz CT molecular complexity index is 782. The maximum Gasteiger partial charge on any atom is 0.293 e. The number of nitrogens with zero attached hydrogens (tertiary/aromatic N) is 2. The number of rotatable bonds is 3. The fraction of sp³-hybridized carbons (Fsp3) is 0.524. The Morgan fingerprint density at radius 3 is 2.58 bits per heavy atom. The summed E-state index contributed by atoms with van der Waals surface area (Å²) < 4.78 is 0. The van der Waals surface area contributed by atoms with Gasteiger partial charge in [0.25, 0.3) is 11.1 Å². The summed E-state index contributed by atoms with van der Waals surface area (Å²) in [7, 11) is 0. The average Bonchev–Trinajstić information content (AvgIpc) is 2.81.